The Morgan fingerprint density at radius 2 is 2.06 bits per heavy atom. The molecule has 0 saturated heterocycles. The summed E-state index contributed by atoms with van der Waals surface area (Å²) in [6.45, 7) is 0.420. The molecule has 0 saturated carbocycles. The van der Waals surface area contributed by atoms with Crippen LogP contribution in [0.3, 0.4) is 0 Å². The lowest BCUT2D eigenvalue weighted by atomic mass is 10.8. The van der Waals surface area contributed by atoms with Crippen molar-refractivity contribution >= 4 is 54.0 Å². The maximum atomic E-state index is 6.18. The average molecular weight is 345 g/mol. The molecule has 1 N–H and O–H groups in total. The molecule has 0 aromatic rings. The molecule has 12 heteroatoms. The van der Waals surface area contributed by atoms with Gasteiger partial charge < -0.3 is 9.05 Å². The van der Waals surface area contributed by atoms with Crippen molar-refractivity contribution in [2.75, 3.05) is 19.8 Å². The van der Waals surface area contributed by atoms with Gasteiger partial charge in [-0.3, -0.25) is 0 Å². The van der Waals surface area contributed by atoms with E-state index in [1.807, 2.05) is 6.92 Å². The molecule has 2 bridgehead atoms. The van der Waals surface area contributed by atoms with Gasteiger partial charge >= 0.3 is 6.78 Å². The van der Waals surface area contributed by atoms with Gasteiger partial charge in [0.05, 0.1) is 13.2 Å². The lowest BCUT2D eigenvalue weighted by Crippen LogP contribution is -2.14. The maximum Gasteiger partial charge on any atom is 0.300 e. The van der Waals surface area contributed by atoms with Crippen molar-refractivity contribution in [1.82, 2.24) is 5.09 Å². The van der Waals surface area contributed by atoms with E-state index in [1.54, 1.807) is 0 Å². The van der Waals surface area contributed by atoms with Crippen LogP contribution in [0.2, 0.25) is 0 Å². The Morgan fingerprint density at radius 1 is 1.31 bits per heavy atom. The summed E-state index contributed by atoms with van der Waals surface area (Å²) < 4.78 is 23.5. The first-order chi connectivity index (χ1) is 7.39. The summed E-state index contributed by atoms with van der Waals surface area (Å²) in [4.78, 5) is 0. The van der Waals surface area contributed by atoms with Gasteiger partial charge in [-0.1, -0.05) is 0 Å². The highest BCUT2D eigenvalue weighted by atomic mass is 35.9. The zero-order valence-corrected chi connectivity index (χ0v) is 13.2. The second-order valence-electron chi connectivity index (χ2n) is 2.90. The van der Waals surface area contributed by atoms with Crippen LogP contribution in [0.1, 0.15) is 6.92 Å². The van der Waals surface area contributed by atoms with Crippen LogP contribution in [0, 0.1) is 0 Å². The Kier molecular flexibility index (Phi) is 4.20. The number of halogens is 3. The Balaban J connectivity index is 2.61. The predicted octanol–water partition coefficient (Wildman–Crippen LogP) is 5.21. The molecular weight excluding hydrogens is 335 g/mol. The van der Waals surface area contributed by atoms with Crippen molar-refractivity contribution in [1.29, 1.82) is 0 Å². The first kappa shape index (κ1) is 13.9. The predicted molar refractivity (Wildman–Crippen MR) is 71.2 cm³/mol. The van der Waals surface area contributed by atoms with Gasteiger partial charge in [-0.2, -0.15) is 13.5 Å². The molecule has 2 heterocycles. The number of hydrogen-bond acceptors (Lipinski definition) is 6. The van der Waals surface area contributed by atoms with Crippen LogP contribution in [-0.2, 0) is 9.05 Å². The summed E-state index contributed by atoms with van der Waals surface area (Å²) in [6, 6.07) is 0. The minimum atomic E-state index is -2.85. The molecule has 2 aliphatic heterocycles. The van der Waals surface area contributed by atoms with E-state index >= 15 is 0 Å². The molecule has 2 unspecified atom stereocenters. The molecule has 6 nitrogen and oxygen atoms in total. The number of nitrogens with zero attached hydrogens (tertiary/aromatic N) is 3. The Morgan fingerprint density at radius 3 is 2.75 bits per heavy atom. The van der Waals surface area contributed by atoms with Gasteiger partial charge in [0, 0.05) is 6.54 Å². The molecular formula is C4H10Cl3N4O2P3. The van der Waals surface area contributed by atoms with Gasteiger partial charge in [-0.25, -0.2) is 5.09 Å². The third-order valence-electron chi connectivity index (χ3n) is 1.66. The molecule has 2 aliphatic rings. The zero-order valence-electron chi connectivity index (χ0n) is 8.25. The third kappa shape index (κ3) is 3.06. The van der Waals surface area contributed by atoms with Crippen LogP contribution in [-0.4, -0.2) is 19.8 Å². The van der Waals surface area contributed by atoms with Crippen molar-refractivity contribution in [3.63, 3.8) is 0 Å². The summed E-state index contributed by atoms with van der Waals surface area (Å²) in [6.07, 6.45) is 0. The van der Waals surface area contributed by atoms with Gasteiger partial charge in [0.15, 0.2) is 0 Å². The molecule has 0 spiro atoms. The Hall–Kier alpha value is 1.44. The van der Waals surface area contributed by atoms with E-state index in [4.69, 9.17) is 42.8 Å². The monoisotopic (exact) mass is 344 g/mol. The second kappa shape index (κ2) is 4.85. The van der Waals surface area contributed by atoms with Gasteiger partial charge in [0.1, 0.15) is 0 Å². The normalized spacial score (nSPS) is 41.2. The number of rotatable bonds is 2. The smallest absolute Gasteiger partial charge is 0.300 e. The average Bonchev–Trinajstić information content (AvgIpc) is 2.20. The van der Waals surface area contributed by atoms with Crippen molar-refractivity contribution < 1.29 is 9.05 Å². The largest absolute Gasteiger partial charge is 0.316 e. The van der Waals surface area contributed by atoms with Crippen molar-refractivity contribution in [2.24, 2.45) is 13.5 Å². The lowest BCUT2D eigenvalue weighted by Gasteiger charge is -2.24. The van der Waals surface area contributed by atoms with Crippen LogP contribution in [0.5, 0.6) is 0 Å². The fraction of sp³-hybridized carbons (Fsp3) is 1.00. The van der Waals surface area contributed by atoms with E-state index < -0.39 is 20.3 Å². The van der Waals surface area contributed by atoms with Crippen LogP contribution in [0.25, 0.3) is 0 Å². The molecule has 0 aliphatic carbocycles. The Labute approximate surface area is 108 Å². The van der Waals surface area contributed by atoms with E-state index in [2.05, 4.69) is 18.6 Å². The quantitative estimate of drug-likeness (QED) is 0.698. The minimum absolute atomic E-state index is 0.391. The maximum absolute atomic E-state index is 6.18. The molecule has 94 valence electrons. The molecule has 2 atom stereocenters. The van der Waals surface area contributed by atoms with Crippen LogP contribution in [0.15, 0.2) is 13.5 Å². The third-order valence-corrected chi connectivity index (χ3v) is 12.8. The molecule has 2 rings (SSSR count). The minimum Gasteiger partial charge on any atom is -0.316 e. The highest BCUT2D eigenvalue weighted by Gasteiger charge is 2.37. The van der Waals surface area contributed by atoms with E-state index in [9.17, 15) is 0 Å². The molecule has 0 radical (unpaired) electrons. The highest BCUT2D eigenvalue weighted by Crippen LogP contribution is 2.83. The van der Waals surface area contributed by atoms with Crippen LogP contribution >= 0.6 is 54.0 Å². The van der Waals surface area contributed by atoms with Crippen molar-refractivity contribution in [3.8, 4) is 0 Å². The van der Waals surface area contributed by atoms with E-state index in [0.29, 0.717) is 19.8 Å². The fourth-order valence-corrected chi connectivity index (χ4v) is 14.4. The number of hydrogen-bond donors (Lipinski definition) is 1. The van der Waals surface area contributed by atoms with Gasteiger partial charge in [-0.05, 0) is 40.6 Å². The Bertz CT molecular complexity index is 459. The van der Waals surface area contributed by atoms with Gasteiger partial charge in [0.25, 0.3) is 13.5 Å². The lowest BCUT2D eigenvalue weighted by molar-refractivity contribution is 0.351. The van der Waals surface area contributed by atoms with Crippen molar-refractivity contribution in [3.05, 3.63) is 0 Å². The van der Waals surface area contributed by atoms with E-state index in [1.165, 1.54) is 0 Å². The van der Waals surface area contributed by atoms with E-state index in [0.717, 1.165) is 0 Å². The molecule has 0 amide bonds. The van der Waals surface area contributed by atoms with Crippen molar-refractivity contribution in [2.45, 2.75) is 6.92 Å². The molecule has 0 fully saturated rings. The molecule has 0 aromatic heterocycles. The summed E-state index contributed by atoms with van der Waals surface area (Å²) in [5.41, 5.74) is 0. The summed E-state index contributed by atoms with van der Waals surface area (Å²) in [7, 11) is -2.59. The summed E-state index contributed by atoms with van der Waals surface area (Å²) >= 11 is 18.2. The standard InChI is InChI=1S/C4H10Cl3N4O2P3/c1-2-12-16-8-3-4-13-15(7,11-16)9-14(5,6)10-16/h8H,2-4H2,1H3. The SMILES string of the molecule is CCOP12=NP(Cl)(Cl)=NP(Cl)(=N1)OCCN2. The highest BCUT2D eigenvalue weighted by molar-refractivity contribution is 8.15. The first-order valence-electron chi connectivity index (χ1n) is 4.43. The zero-order chi connectivity index (χ0) is 11.9. The van der Waals surface area contributed by atoms with Crippen LogP contribution < -0.4 is 5.09 Å². The molecule has 16 heavy (non-hydrogen) atoms. The van der Waals surface area contributed by atoms with Gasteiger partial charge in [0.2, 0.25) is 0 Å². The fourth-order valence-electron chi connectivity index (χ4n) is 1.23. The summed E-state index contributed by atoms with van der Waals surface area (Å²) in [5.74, 6) is -2.85. The second-order valence-corrected chi connectivity index (χ2v) is 13.5. The topological polar surface area (TPSA) is 67.6 Å². The first-order valence-corrected chi connectivity index (χ1v) is 12.1. The van der Waals surface area contributed by atoms with Gasteiger partial charge in [-0.15, -0.1) is 0 Å². The molecule has 0 aromatic carbocycles. The number of fused-ring (bicyclic) bond motifs is 1. The van der Waals surface area contributed by atoms with E-state index in [-0.39, 0.29) is 0 Å². The number of nitrogens with one attached hydrogen (secondary N) is 1. The van der Waals surface area contributed by atoms with Crippen LogP contribution in [0.4, 0.5) is 0 Å². The summed E-state index contributed by atoms with van der Waals surface area (Å²) in [5, 5.41) is 3.08.